The third-order valence-electron chi connectivity index (χ3n) is 4.71. The van der Waals surface area contributed by atoms with Crippen molar-refractivity contribution in [3.63, 3.8) is 0 Å². The summed E-state index contributed by atoms with van der Waals surface area (Å²) in [4.78, 5) is 12.3. The predicted octanol–water partition coefficient (Wildman–Crippen LogP) is 4.68. The zero-order valence-corrected chi connectivity index (χ0v) is 14.0. The van der Waals surface area contributed by atoms with Crippen LogP contribution in [-0.4, -0.2) is 12.1 Å². The first-order valence-corrected chi connectivity index (χ1v) is 8.45. The summed E-state index contributed by atoms with van der Waals surface area (Å²) in [5.74, 6) is 0.219. The second-order valence-corrected chi connectivity index (χ2v) is 6.68. The van der Waals surface area contributed by atoms with Crippen LogP contribution in [0.25, 0.3) is 0 Å². The Morgan fingerprint density at radius 2 is 1.52 bits per heavy atom. The largest absolute Gasteiger partial charge is 0.459 e. The van der Waals surface area contributed by atoms with Crippen molar-refractivity contribution in [1.29, 1.82) is 0 Å². The van der Waals surface area contributed by atoms with Crippen LogP contribution in [0.4, 0.5) is 11.4 Å². The Kier molecular flexibility index (Phi) is 6.07. The number of rotatable bonds is 3. The number of esters is 1. The molecule has 0 amide bonds. The fourth-order valence-electron chi connectivity index (χ4n) is 3.37. The molecule has 1 fully saturated rings. The molecule has 0 saturated heterocycles. The first-order chi connectivity index (χ1) is 11.5. The SMILES string of the molecule is C.Cc1ccc(C2CCC(OC(=O)c3cc(N)cc(N)c3)CC2)cc1. The number of hydrogen-bond acceptors (Lipinski definition) is 4. The number of aryl methyl sites for hydroxylation is 1. The Morgan fingerprint density at radius 3 is 2.08 bits per heavy atom. The minimum absolute atomic E-state index is 0. The summed E-state index contributed by atoms with van der Waals surface area (Å²) < 4.78 is 5.64. The highest BCUT2D eigenvalue weighted by molar-refractivity contribution is 5.91. The molecule has 0 radical (unpaired) electrons. The van der Waals surface area contributed by atoms with Crippen molar-refractivity contribution in [3.8, 4) is 0 Å². The van der Waals surface area contributed by atoms with Crippen LogP contribution in [0.15, 0.2) is 42.5 Å². The standard InChI is InChI=1S/C20H24N2O2.CH4/c1-13-2-4-14(5-3-13)15-6-8-19(9-7-15)24-20(23)16-10-17(21)12-18(22)11-16;/h2-5,10-12,15,19H,6-9,21-22H2,1H3;1H4. The lowest BCUT2D eigenvalue weighted by Gasteiger charge is -2.28. The van der Waals surface area contributed by atoms with Gasteiger partial charge in [0.15, 0.2) is 0 Å². The average Bonchev–Trinajstić information content (AvgIpc) is 2.55. The van der Waals surface area contributed by atoms with Gasteiger partial charge in [-0.25, -0.2) is 4.79 Å². The molecule has 0 spiro atoms. The van der Waals surface area contributed by atoms with E-state index in [1.54, 1.807) is 18.2 Å². The van der Waals surface area contributed by atoms with Gasteiger partial charge in [0.05, 0.1) is 5.56 Å². The number of nitrogen functional groups attached to an aromatic ring is 2. The van der Waals surface area contributed by atoms with E-state index >= 15 is 0 Å². The Hall–Kier alpha value is -2.49. The fraction of sp³-hybridized carbons (Fsp3) is 0.381. The van der Waals surface area contributed by atoms with Crippen molar-refractivity contribution >= 4 is 17.3 Å². The lowest BCUT2D eigenvalue weighted by Crippen LogP contribution is -2.24. The molecule has 0 bridgehead atoms. The Balaban J connectivity index is 0.00000225. The molecule has 2 aromatic carbocycles. The van der Waals surface area contributed by atoms with E-state index in [0.29, 0.717) is 22.9 Å². The molecule has 3 rings (SSSR count). The maximum Gasteiger partial charge on any atom is 0.338 e. The van der Waals surface area contributed by atoms with E-state index in [4.69, 9.17) is 16.2 Å². The molecule has 0 unspecified atom stereocenters. The Bertz CT molecular complexity index is 697. The van der Waals surface area contributed by atoms with Gasteiger partial charge < -0.3 is 16.2 Å². The Labute approximate surface area is 150 Å². The summed E-state index contributed by atoms with van der Waals surface area (Å²) in [5.41, 5.74) is 15.5. The van der Waals surface area contributed by atoms with E-state index in [9.17, 15) is 4.79 Å². The van der Waals surface area contributed by atoms with E-state index < -0.39 is 0 Å². The van der Waals surface area contributed by atoms with Crippen molar-refractivity contribution in [3.05, 3.63) is 59.2 Å². The molecule has 0 aliphatic heterocycles. The van der Waals surface area contributed by atoms with E-state index in [2.05, 4.69) is 31.2 Å². The quantitative estimate of drug-likeness (QED) is 0.628. The van der Waals surface area contributed by atoms with Gasteiger partial charge >= 0.3 is 5.97 Å². The molecular formula is C21H28N2O2. The fourth-order valence-corrected chi connectivity index (χ4v) is 3.37. The van der Waals surface area contributed by atoms with Gasteiger partial charge in [-0.3, -0.25) is 0 Å². The molecule has 1 saturated carbocycles. The first kappa shape index (κ1) is 18.8. The molecular weight excluding hydrogens is 312 g/mol. The molecule has 0 atom stereocenters. The molecule has 0 aromatic heterocycles. The van der Waals surface area contributed by atoms with Crippen LogP contribution < -0.4 is 11.5 Å². The number of ether oxygens (including phenoxy) is 1. The van der Waals surface area contributed by atoms with Gasteiger partial charge in [0.2, 0.25) is 0 Å². The van der Waals surface area contributed by atoms with Crippen LogP contribution in [0.1, 0.15) is 60.5 Å². The van der Waals surface area contributed by atoms with E-state index in [-0.39, 0.29) is 19.5 Å². The summed E-state index contributed by atoms with van der Waals surface area (Å²) in [6.07, 6.45) is 3.84. The maximum absolute atomic E-state index is 12.3. The van der Waals surface area contributed by atoms with Gasteiger partial charge in [0, 0.05) is 11.4 Å². The van der Waals surface area contributed by atoms with Gasteiger partial charge in [-0.15, -0.1) is 0 Å². The molecule has 134 valence electrons. The normalized spacial score (nSPS) is 19.7. The van der Waals surface area contributed by atoms with Gasteiger partial charge in [0.25, 0.3) is 0 Å². The summed E-state index contributed by atoms with van der Waals surface area (Å²) in [6, 6.07) is 13.6. The second kappa shape index (κ2) is 8.06. The third-order valence-corrected chi connectivity index (χ3v) is 4.71. The monoisotopic (exact) mass is 340 g/mol. The number of carbonyl (C=O) groups excluding carboxylic acids is 1. The summed E-state index contributed by atoms with van der Waals surface area (Å²) >= 11 is 0. The van der Waals surface area contributed by atoms with Crippen molar-refractivity contribution in [2.45, 2.75) is 52.1 Å². The molecule has 4 N–H and O–H groups in total. The summed E-state index contributed by atoms with van der Waals surface area (Å²) in [5, 5.41) is 0. The van der Waals surface area contributed by atoms with Gasteiger partial charge in [-0.05, 0) is 62.3 Å². The number of hydrogen-bond donors (Lipinski definition) is 2. The van der Waals surface area contributed by atoms with Crippen molar-refractivity contribution in [1.82, 2.24) is 0 Å². The zero-order valence-electron chi connectivity index (χ0n) is 14.0. The van der Waals surface area contributed by atoms with Gasteiger partial charge in [-0.1, -0.05) is 37.3 Å². The predicted molar refractivity (Wildman–Crippen MR) is 104 cm³/mol. The lowest BCUT2D eigenvalue weighted by molar-refractivity contribution is 0.0195. The smallest absolute Gasteiger partial charge is 0.338 e. The van der Waals surface area contributed by atoms with Crippen LogP contribution in [0.5, 0.6) is 0 Å². The number of carbonyl (C=O) groups is 1. The maximum atomic E-state index is 12.3. The third kappa shape index (κ3) is 4.75. The number of anilines is 2. The highest BCUT2D eigenvalue weighted by Crippen LogP contribution is 2.34. The van der Waals surface area contributed by atoms with Crippen LogP contribution in [0, 0.1) is 6.92 Å². The molecule has 25 heavy (non-hydrogen) atoms. The highest BCUT2D eigenvalue weighted by Gasteiger charge is 2.25. The molecule has 4 heteroatoms. The van der Waals surface area contributed by atoms with Crippen molar-refractivity contribution in [2.75, 3.05) is 11.5 Å². The molecule has 2 aromatic rings. The number of nitrogens with two attached hydrogens (primary N) is 2. The van der Waals surface area contributed by atoms with Crippen LogP contribution >= 0.6 is 0 Å². The summed E-state index contributed by atoms with van der Waals surface area (Å²) in [6.45, 7) is 2.10. The average molecular weight is 340 g/mol. The van der Waals surface area contributed by atoms with Gasteiger partial charge in [0.1, 0.15) is 6.10 Å². The highest BCUT2D eigenvalue weighted by atomic mass is 16.5. The van der Waals surface area contributed by atoms with Crippen molar-refractivity contribution in [2.24, 2.45) is 0 Å². The number of benzene rings is 2. The molecule has 1 aliphatic carbocycles. The lowest BCUT2D eigenvalue weighted by atomic mass is 9.82. The van der Waals surface area contributed by atoms with Crippen LogP contribution in [0.2, 0.25) is 0 Å². The van der Waals surface area contributed by atoms with Crippen molar-refractivity contribution < 1.29 is 9.53 Å². The zero-order chi connectivity index (χ0) is 17.1. The van der Waals surface area contributed by atoms with Crippen LogP contribution in [-0.2, 0) is 4.74 Å². The van der Waals surface area contributed by atoms with Gasteiger partial charge in [-0.2, -0.15) is 0 Å². The topological polar surface area (TPSA) is 78.3 Å². The van der Waals surface area contributed by atoms with Crippen LogP contribution in [0.3, 0.4) is 0 Å². The van der Waals surface area contributed by atoms with E-state index in [1.807, 2.05) is 0 Å². The van der Waals surface area contributed by atoms with E-state index in [1.165, 1.54) is 11.1 Å². The minimum atomic E-state index is -0.340. The molecule has 0 heterocycles. The molecule has 4 nitrogen and oxygen atoms in total. The first-order valence-electron chi connectivity index (χ1n) is 8.45. The second-order valence-electron chi connectivity index (χ2n) is 6.68. The molecule has 1 aliphatic rings. The summed E-state index contributed by atoms with van der Waals surface area (Å²) in [7, 11) is 0. The minimum Gasteiger partial charge on any atom is -0.459 e. The Morgan fingerprint density at radius 1 is 0.960 bits per heavy atom. The van der Waals surface area contributed by atoms with E-state index in [0.717, 1.165) is 25.7 Å².